The monoisotopic (exact) mass is 414 g/mol. The van der Waals surface area contributed by atoms with Gasteiger partial charge in [-0.1, -0.05) is 23.7 Å². The van der Waals surface area contributed by atoms with Gasteiger partial charge in [-0.05, 0) is 24.3 Å². The number of hydrogen-bond donors (Lipinski definition) is 1. The molecule has 1 heterocycles. The lowest BCUT2D eigenvalue weighted by Crippen LogP contribution is -3.13. The smallest absolute Gasteiger partial charge is 0.306 e. The van der Waals surface area contributed by atoms with Gasteiger partial charge in [0.05, 0.1) is 36.0 Å². The third-order valence-corrected chi connectivity index (χ3v) is 6.65. The van der Waals surface area contributed by atoms with Crippen LogP contribution in [0.25, 0.3) is 0 Å². The molecule has 0 atom stereocenters. The maximum absolute atomic E-state index is 13.5. The Balaban J connectivity index is 1.69. The number of rotatable bonds is 5. The van der Waals surface area contributed by atoms with Gasteiger partial charge in [0.1, 0.15) is 6.54 Å². The molecule has 7 nitrogen and oxygen atoms in total. The van der Waals surface area contributed by atoms with Crippen molar-refractivity contribution in [2.45, 2.75) is 11.4 Å². The summed E-state index contributed by atoms with van der Waals surface area (Å²) in [6.07, 6.45) is 0. The molecule has 1 aliphatic rings. The fraction of sp³-hybridized carbons (Fsp3) is 0.294. The molecule has 0 unspecified atom stereocenters. The minimum absolute atomic E-state index is 0.270. The molecule has 1 fully saturated rings. The molecule has 1 N–H and O–H groups in total. The van der Waals surface area contributed by atoms with Crippen LogP contribution in [0.3, 0.4) is 0 Å². The van der Waals surface area contributed by atoms with Crippen LogP contribution in [0.2, 0.25) is 5.02 Å². The van der Waals surface area contributed by atoms with Gasteiger partial charge in [0.15, 0.2) is 0 Å². The third-order valence-electron chi connectivity index (χ3n) is 4.52. The Labute approximate surface area is 161 Å². The van der Waals surface area contributed by atoms with Gasteiger partial charge >= 0.3 is 5.69 Å². The highest BCUT2D eigenvalue weighted by Gasteiger charge is 2.32. The zero-order chi connectivity index (χ0) is 19.6. The van der Waals surface area contributed by atoms with Gasteiger partial charge in [-0.2, -0.15) is 8.70 Å². The van der Waals surface area contributed by atoms with E-state index in [0.29, 0.717) is 18.1 Å². The number of quaternary nitrogens is 1. The topological polar surface area (TPSA) is 85.0 Å². The molecule has 27 heavy (non-hydrogen) atoms. The SMILES string of the molecule is O=[N+]([O-])c1cc(S(=O)(=O)N2CC[NH+](Cc3cccc(Cl)c3)CC2)ccc1F. The van der Waals surface area contributed by atoms with Crippen LogP contribution in [0, 0.1) is 15.9 Å². The summed E-state index contributed by atoms with van der Waals surface area (Å²) in [5.74, 6) is -1.06. The second kappa shape index (κ2) is 7.89. The number of piperazine rings is 1. The first-order valence-electron chi connectivity index (χ1n) is 8.29. The number of benzene rings is 2. The van der Waals surface area contributed by atoms with Crippen LogP contribution in [-0.2, 0) is 16.6 Å². The van der Waals surface area contributed by atoms with E-state index in [1.54, 1.807) is 6.07 Å². The number of sulfonamides is 1. The largest absolute Gasteiger partial charge is 0.329 e. The van der Waals surface area contributed by atoms with E-state index >= 15 is 0 Å². The zero-order valence-corrected chi connectivity index (χ0v) is 15.8. The highest BCUT2D eigenvalue weighted by atomic mass is 35.5. The van der Waals surface area contributed by atoms with E-state index in [0.717, 1.165) is 30.3 Å². The maximum Gasteiger partial charge on any atom is 0.306 e. The van der Waals surface area contributed by atoms with Gasteiger partial charge in [-0.15, -0.1) is 0 Å². The average molecular weight is 415 g/mol. The summed E-state index contributed by atoms with van der Waals surface area (Å²) in [4.78, 5) is 10.9. The summed E-state index contributed by atoms with van der Waals surface area (Å²) in [5, 5.41) is 11.5. The van der Waals surface area contributed by atoms with Crippen molar-refractivity contribution in [2.75, 3.05) is 26.2 Å². The minimum atomic E-state index is -3.91. The molecular formula is C17H18ClFN3O4S+. The molecule has 0 bridgehead atoms. The van der Waals surface area contributed by atoms with E-state index < -0.39 is 26.5 Å². The van der Waals surface area contributed by atoms with Crippen LogP contribution in [-0.4, -0.2) is 43.8 Å². The first-order chi connectivity index (χ1) is 12.8. The number of nitrogens with one attached hydrogen (secondary N) is 1. The molecule has 1 aliphatic heterocycles. The van der Waals surface area contributed by atoms with Crippen molar-refractivity contribution >= 4 is 27.3 Å². The number of nitrogens with zero attached hydrogens (tertiary/aromatic N) is 2. The normalized spacial score (nSPS) is 16.4. The van der Waals surface area contributed by atoms with Crippen LogP contribution < -0.4 is 4.90 Å². The Bertz CT molecular complexity index is 962. The first-order valence-corrected chi connectivity index (χ1v) is 10.1. The summed E-state index contributed by atoms with van der Waals surface area (Å²) >= 11 is 5.99. The lowest BCUT2D eigenvalue weighted by molar-refractivity contribution is -0.917. The fourth-order valence-electron chi connectivity index (χ4n) is 3.10. The number of nitro benzene ring substituents is 1. The Morgan fingerprint density at radius 1 is 1.19 bits per heavy atom. The van der Waals surface area contributed by atoms with Crippen LogP contribution >= 0.6 is 11.6 Å². The third kappa shape index (κ3) is 4.44. The van der Waals surface area contributed by atoms with E-state index in [4.69, 9.17) is 11.6 Å². The van der Waals surface area contributed by atoms with Crippen molar-refractivity contribution in [3.63, 3.8) is 0 Å². The Kier molecular flexibility index (Phi) is 5.75. The maximum atomic E-state index is 13.5. The molecule has 0 aliphatic carbocycles. The van der Waals surface area contributed by atoms with Crippen molar-refractivity contribution < 1.29 is 22.6 Å². The van der Waals surface area contributed by atoms with E-state index in [9.17, 15) is 22.9 Å². The van der Waals surface area contributed by atoms with Crippen LogP contribution in [0.15, 0.2) is 47.4 Å². The Morgan fingerprint density at radius 3 is 2.52 bits per heavy atom. The molecule has 10 heteroatoms. The molecule has 0 aromatic heterocycles. The number of halogens is 2. The number of hydrogen-bond acceptors (Lipinski definition) is 4. The number of nitro groups is 1. The standard InChI is InChI=1S/C17H17ClFN3O4S/c18-14-3-1-2-13(10-14)12-20-6-8-21(9-7-20)27(25,26)15-4-5-16(19)17(11-15)22(23)24/h1-5,10-11H,6-9,12H2/p+1. The highest BCUT2D eigenvalue weighted by molar-refractivity contribution is 7.89. The summed E-state index contributed by atoms with van der Waals surface area (Å²) in [6, 6.07) is 10.2. The summed E-state index contributed by atoms with van der Waals surface area (Å²) in [5.41, 5.74) is 0.226. The van der Waals surface area contributed by atoms with Gasteiger partial charge in [-0.25, -0.2) is 8.42 Å². The molecule has 1 saturated heterocycles. The van der Waals surface area contributed by atoms with Gasteiger partial charge < -0.3 is 4.90 Å². The molecule has 0 saturated carbocycles. The molecule has 2 aromatic rings. The molecule has 144 valence electrons. The molecule has 2 aromatic carbocycles. The van der Waals surface area contributed by atoms with E-state index in [-0.39, 0.29) is 18.0 Å². The Hall–Kier alpha value is -2.07. The second-order valence-electron chi connectivity index (χ2n) is 6.33. The second-order valence-corrected chi connectivity index (χ2v) is 8.71. The van der Waals surface area contributed by atoms with Crippen LogP contribution in [0.1, 0.15) is 5.56 Å². The van der Waals surface area contributed by atoms with Crippen molar-refractivity contribution in [3.05, 3.63) is 69.0 Å². The Morgan fingerprint density at radius 2 is 1.89 bits per heavy atom. The van der Waals surface area contributed by atoms with Crippen molar-refractivity contribution in [1.29, 1.82) is 0 Å². The van der Waals surface area contributed by atoms with Gasteiger partial charge in [-0.3, -0.25) is 10.1 Å². The predicted octanol–water partition coefficient (Wildman–Crippen LogP) is 1.48. The molecule has 0 amide bonds. The average Bonchev–Trinajstić information content (AvgIpc) is 2.62. The first kappa shape index (κ1) is 19.7. The molecule has 3 rings (SSSR count). The van der Waals surface area contributed by atoms with E-state index in [2.05, 4.69) is 0 Å². The van der Waals surface area contributed by atoms with Crippen LogP contribution in [0.5, 0.6) is 0 Å². The van der Waals surface area contributed by atoms with Crippen molar-refractivity contribution in [1.82, 2.24) is 4.31 Å². The van der Waals surface area contributed by atoms with Gasteiger partial charge in [0.2, 0.25) is 15.8 Å². The van der Waals surface area contributed by atoms with Crippen molar-refractivity contribution in [2.24, 2.45) is 0 Å². The van der Waals surface area contributed by atoms with Gasteiger partial charge in [0.25, 0.3) is 0 Å². The summed E-state index contributed by atoms with van der Waals surface area (Å²) in [6.45, 7) is 2.48. The lowest BCUT2D eigenvalue weighted by Gasteiger charge is -2.31. The molecule has 0 radical (unpaired) electrons. The molecule has 0 spiro atoms. The quantitative estimate of drug-likeness (QED) is 0.593. The fourth-order valence-corrected chi connectivity index (χ4v) is 4.77. The summed E-state index contributed by atoms with van der Waals surface area (Å²) in [7, 11) is -3.91. The molecular weight excluding hydrogens is 397 g/mol. The summed E-state index contributed by atoms with van der Waals surface area (Å²) < 4.78 is 40.2. The highest BCUT2D eigenvalue weighted by Crippen LogP contribution is 2.24. The lowest BCUT2D eigenvalue weighted by atomic mass is 10.2. The minimum Gasteiger partial charge on any atom is -0.329 e. The zero-order valence-electron chi connectivity index (χ0n) is 14.3. The van der Waals surface area contributed by atoms with Gasteiger partial charge in [0, 0.05) is 16.7 Å². The van der Waals surface area contributed by atoms with Crippen molar-refractivity contribution in [3.8, 4) is 0 Å². The van der Waals surface area contributed by atoms with Crippen LogP contribution in [0.4, 0.5) is 10.1 Å². The van der Waals surface area contributed by atoms with E-state index in [1.165, 1.54) is 9.21 Å². The predicted molar refractivity (Wildman–Crippen MR) is 97.7 cm³/mol. The van der Waals surface area contributed by atoms with E-state index in [1.807, 2.05) is 18.2 Å².